The maximum Gasteiger partial charge on any atom is 0.0710 e. The highest BCUT2D eigenvalue weighted by atomic mass is 32.1. The number of nitrogens with two attached hydrogens (primary N) is 1. The lowest BCUT2D eigenvalue weighted by molar-refractivity contribution is 0.184. The van der Waals surface area contributed by atoms with E-state index in [0.717, 1.165) is 6.42 Å². The van der Waals surface area contributed by atoms with Gasteiger partial charge in [-0.05, 0) is 18.6 Å². The monoisotopic (exact) mass is 185 g/mol. The lowest BCUT2D eigenvalue weighted by Gasteiger charge is -2.03. The molecule has 0 aliphatic rings. The standard InChI is InChI=1S/C9H15NOS/c1-2-8-3-4-9(12-8)5-7(11)6-10/h3-4,7,11H,2,5-6,10H2,1H3. The van der Waals surface area contributed by atoms with E-state index in [1.54, 1.807) is 11.3 Å². The van der Waals surface area contributed by atoms with Gasteiger partial charge >= 0.3 is 0 Å². The van der Waals surface area contributed by atoms with Crippen molar-refractivity contribution in [2.24, 2.45) is 5.73 Å². The predicted octanol–water partition coefficient (Wildman–Crippen LogP) is 1.17. The smallest absolute Gasteiger partial charge is 0.0710 e. The van der Waals surface area contributed by atoms with Crippen molar-refractivity contribution in [3.8, 4) is 0 Å². The summed E-state index contributed by atoms with van der Waals surface area (Å²) in [4.78, 5) is 2.60. The Kier molecular flexibility index (Phi) is 3.72. The number of aryl methyl sites for hydroxylation is 1. The first-order chi connectivity index (χ1) is 5.76. The van der Waals surface area contributed by atoms with Crippen LogP contribution < -0.4 is 5.73 Å². The van der Waals surface area contributed by atoms with Crippen LogP contribution in [0.3, 0.4) is 0 Å². The van der Waals surface area contributed by atoms with Crippen LogP contribution in [0, 0.1) is 0 Å². The molecule has 0 saturated carbocycles. The van der Waals surface area contributed by atoms with Gasteiger partial charge in [0.25, 0.3) is 0 Å². The molecule has 1 atom stereocenters. The number of aliphatic hydroxyl groups is 1. The molecule has 1 rings (SSSR count). The van der Waals surface area contributed by atoms with E-state index in [9.17, 15) is 5.11 Å². The first-order valence-corrected chi connectivity index (χ1v) is 5.03. The third kappa shape index (κ3) is 2.59. The zero-order chi connectivity index (χ0) is 8.97. The normalized spacial score (nSPS) is 13.2. The largest absolute Gasteiger partial charge is 0.391 e. The highest BCUT2D eigenvalue weighted by Crippen LogP contribution is 2.18. The summed E-state index contributed by atoms with van der Waals surface area (Å²) in [5.41, 5.74) is 5.31. The Labute approximate surface area is 77.0 Å². The van der Waals surface area contributed by atoms with Gasteiger partial charge in [0.05, 0.1) is 6.10 Å². The third-order valence-corrected chi connectivity index (χ3v) is 3.03. The van der Waals surface area contributed by atoms with E-state index in [2.05, 4.69) is 19.1 Å². The molecular formula is C9H15NOS. The number of aliphatic hydroxyl groups excluding tert-OH is 1. The minimum absolute atomic E-state index is 0.347. The average molecular weight is 185 g/mol. The zero-order valence-electron chi connectivity index (χ0n) is 7.29. The third-order valence-electron chi connectivity index (χ3n) is 1.77. The Balaban J connectivity index is 2.52. The first-order valence-electron chi connectivity index (χ1n) is 4.22. The molecule has 0 radical (unpaired) electrons. The Morgan fingerprint density at radius 3 is 2.67 bits per heavy atom. The summed E-state index contributed by atoms with van der Waals surface area (Å²) in [6.07, 6.45) is 1.39. The average Bonchev–Trinajstić information content (AvgIpc) is 2.52. The summed E-state index contributed by atoms with van der Waals surface area (Å²) in [6.45, 7) is 2.48. The van der Waals surface area contributed by atoms with Gasteiger partial charge < -0.3 is 10.8 Å². The Morgan fingerprint density at radius 1 is 1.50 bits per heavy atom. The van der Waals surface area contributed by atoms with Gasteiger partial charge in [-0.15, -0.1) is 11.3 Å². The van der Waals surface area contributed by atoms with Crippen molar-refractivity contribution in [1.82, 2.24) is 0 Å². The van der Waals surface area contributed by atoms with Crippen molar-refractivity contribution in [3.63, 3.8) is 0 Å². The van der Waals surface area contributed by atoms with Crippen LogP contribution in [0.25, 0.3) is 0 Å². The molecule has 3 heteroatoms. The van der Waals surface area contributed by atoms with Crippen LogP contribution in [0.15, 0.2) is 12.1 Å². The Morgan fingerprint density at radius 2 is 2.17 bits per heavy atom. The first kappa shape index (κ1) is 9.71. The minimum Gasteiger partial charge on any atom is -0.391 e. The van der Waals surface area contributed by atoms with Gasteiger partial charge in [0.2, 0.25) is 0 Å². The lowest BCUT2D eigenvalue weighted by atomic mass is 10.2. The zero-order valence-corrected chi connectivity index (χ0v) is 8.10. The molecule has 3 N–H and O–H groups in total. The van der Waals surface area contributed by atoms with E-state index >= 15 is 0 Å². The second-order valence-corrected chi connectivity index (χ2v) is 4.07. The van der Waals surface area contributed by atoms with Gasteiger partial charge in [-0.25, -0.2) is 0 Å². The van der Waals surface area contributed by atoms with Gasteiger partial charge in [-0.3, -0.25) is 0 Å². The van der Waals surface area contributed by atoms with Gasteiger partial charge in [0.1, 0.15) is 0 Å². The van der Waals surface area contributed by atoms with E-state index in [4.69, 9.17) is 5.73 Å². The van der Waals surface area contributed by atoms with Crippen LogP contribution in [0.4, 0.5) is 0 Å². The molecule has 1 aromatic rings. The van der Waals surface area contributed by atoms with Gasteiger partial charge in [0, 0.05) is 22.7 Å². The van der Waals surface area contributed by atoms with Crippen LogP contribution in [-0.4, -0.2) is 17.8 Å². The molecule has 1 aromatic heterocycles. The van der Waals surface area contributed by atoms with Crippen LogP contribution in [-0.2, 0) is 12.8 Å². The van der Waals surface area contributed by atoms with E-state index < -0.39 is 0 Å². The fourth-order valence-electron chi connectivity index (χ4n) is 1.04. The molecule has 0 aliphatic heterocycles. The number of rotatable bonds is 4. The molecular weight excluding hydrogens is 170 g/mol. The molecule has 12 heavy (non-hydrogen) atoms. The van der Waals surface area contributed by atoms with Crippen molar-refractivity contribution in [3.05, 3.63) is 21.9 Å². The number of thiophene rings is 1. The summed E-state index contributed by atoms with van der Waals surface area (Å²) in [5.74, 6) is 0. The molecule has 0 saturated heterocycles. The second-order valence-electron chi connectivity index (χ2n) is 2.82. The predicted molar refractivity (Wildman–Crippen MR) is 52.5 cm³/mol. The van der Waals surface area contributed by atoms with Gasteiger partial charge in [-0.1, -0.05) is 6.92 Å². The SMILES string of the molecule is CCc1ccc(CC(O)CN)s1. The Bertz CT molecular complexity index is 234. The van der Waals surface area contributed by atoms with Crippen molar-refractivity contribution in [1.29, 1.82) is 0 Å². The Hall–Kier alpha value is -0.380. The summed E-state index contributed by atoms with van der Waals surface area (Å²) in [7, 11) is 0. The second kappa shape index (κ2) is 4.60. The number of hydrogen-bond acceptors (Lipinski definition) is 3. The topological polar surface area (TPSA) is 46.2 Å². The van der Waals surface area contributed by atoms with Crippen molar-refractivity contribution < 1.29 is 5.11 Å². The molecule has 1 unspecified atom stereocenters. The molecule has 0 fully saturated rings. The summed E-state index contributed by atoms with van der Waals surface area (Å²) < 4.78 is 0. The van der Waals surface area contributed by atoms with Crippen LogP contribution in [0.5, 0.6) is 0 Å². The fraction of sp³-hybridized carbons (Fsp3) is 0.556. The molecule has 0 bridgehead atoms. The van der Waals surface area contributed by atoms with Crippen molar-refractivity contribution in [2.75, 3.05) is 6.54 Å². The van der Waals surface area contributed by atoms with Crippen LogP contribution in [0.2, 0.25) is 0 Å². The molecule has 0 aliphatic carbocycles. The molecule has 2 nitrogen and oxygen atoms in total. The lowest BCUT2D eigenvalue weighted by Crippen LogP contribution is -2.21. The van der Waals surface area contributed by atoms with Crippen molar-refractivity contribution in [2.45, 2.75) is 25.9 Å². The highest BCUT2D eigenvalue weighted by molar-refractivity contribution is 7.11. The van der Waals surface area contributed by atoms with E-state index in [0.29, 0.717) is 13.0 Å². The van der Waals surface area contributed by atoms with E-state index in [-0.39, 0.29) is 6.10 Å². The molecule has 0 amide bonds. The minimum atomic E-state index is -0.381. The molecule has 1 heterocycles. The quantitative estimate of drug-likeness (QED) is 0.739. The summed E-state index contributed by atoms with van der Waals surface area (Å²) in [6, 6.07) is 4.19. The summed E-state index contributed by atoms with van der Waals surface area (Å²) >= 11 is 1.76. The van der Waals surface area contributed by atoms with E-state index in [1.165, 1.54) is 9.75 Å². The summed E-state index contributed by atoms with van der Waals surface area (Å²) in [5, 5.41) is 9.27. The van der Waals surface area contributed by atoms with Crippen molar-refractivity contribution >= 4 is 11.3 Å². The van der Waals surface area contributed by atoms with E-state index in [1.807, 2.05) is 0 Å². The maximum absolute atomic E-state index is 9.27. The molecule has 0 spiro atoms. The highest BCUT2D eigenvalue weighted by Gasteiger charge is 2.04. The van der Waals surface area contributed by atoms with Gasteiger partial charge in [-0.2, -0.15) is 0 Å². The number of hydrogen-bond donors (Lipinski definition) is 2. The fourth-order valence-corrected chi connectivity index (χ4v) is 2.07. The van der Waals surface area contributed by atoms with Crippen LogP contribution >= 0.6 is 11.3 Å². The maximum atomic E-state index is 9.27. The van der Waals surface area contributed by atoms with Gasteiger partial charge in [0.15, 0.2) is 0 Å². The molecule has 0 aromatic carbocycles. The van der Waals surface area contributed by atoms with Crippen LogP contribution in [0.1, 0.15) is 16.7 Å². The molecule has 68 valence electrons.